The van der Waals surface area contributed by atoms with Gasteiger partial charge in [-0.3, -0.25) is 4.79 Å². The highest BCUT2D eigenvalue weighted by Crippen LogP contribution is 2.39. The molecule has 0 radical (unpaired) electrons. The number of amides is 1. The zero-order valence-electron chi connectivity index (χ0n) is 15.0. The topological polar surface area (TPSA) is 55.3 Å². The summed E-state index contributed by atoms with van der Waals surface area (Å²) in [5.74, 6) is 1.16. The van der Waals surface area contributed by atoms with Gasteiger partial charge in [-0.15, -0.1) is 11.3 Å². The molecule has 146 valence electrons. The highest BCUT2D eigenvalue weighted by atomic mass is 35.5. The van der Waals surface area contributed by atoms with E-state index in [1.165, 1.54) is 11.5 Å². The molecular formula is C19H17Cl2N3O2S2. The van der Waals surface area contributed by atoms with Crippen molar-refractivity contribution in [3.8, 4) is 16.3 Å². The average Bonchev–Trinajstić information content (AvgIpc) is 3.35. The summed E-state index contributed by atoms with van der Waals surface area (Å²) < 4.78 is 9.22. The Morgan fingerprint density at radius 1 is 1.21 bits per heavy atom. The van der Waals surface area contributed by atoms with Gasteiger partial charge in [-0.2, -0.15) is 4.37 Å². The van der Waals surface area contributed by atoms with Gasteiger partial charge in [0.25, 0.3) is 5.91 Å². The molecule has 0 N–H and O–H groups in total. The zero-order valence-corrected chi connectivity index (χ0v) is 18.2. The number of piperidine rings is 1. The smallest absolute Gasteiger partial charge is 0.253 e. The number of hydrogen-bond acceptors (Lipinski definition) is 6. The molecule has 3 heterocycles. The first kappa shape index (κ1) is 19.6. The van der Waals surface area contributed by atoms with E-state index in [4.69, 9.17) is 32.9 Å². The molecule has 3 aromatic rings. The summed E-state index contributed by atoms with van der Waals surface area (Å²) in [6.45, 7) is 1.44. The van der Waals surface area contributed by atoms with Crippen LogP contribution in [0.3, 0.4) is 0 Å². The van der Waals surface area contributed by atoms with Crippen LogP contribution in [0.2, 0.25) is 10.2 Å². The van der Waals surface area contributed by atoms with Gasteiger partial charge < -0.3 is 9.64 Å². The molecule has 1 amide bonds. The van der Waals surface area contributed by atoms with Crippen molar-refractivity contribution in [3.63, 3.8) is 0 Å². The second kappa shape index (κ2) is 8.37. The molecule has 9 heteroatoms. The molecule has 2 aromatic heterocycles. The Morgan fingerprint density at radius 2 is 1.93 bits per heavy atom. The summed E-state index contributed by atoms with van der Waals surface area (Å²) in [5, 5.41) is 3.86. The summed E-state index contributed by atoms with van der Waals surface area (Å²) in [6, 6.07) is 7.25. The lowest BCUT2D eigenvalue weighted by Gasteiger charge is -2.31. The van der Waals surface area contributed by atoms with Crippen molar-refractivity contribution < 1.29 is 9.53 Å². The van der Waals surface area contributed by atoms with Crippen LogP contribution in [0.4, 0.5) is 0 Å². The fourth-order valence-electron chi connectivity index (χ4n) is 3.24. The third-order valence-electron chi connectivity index (χ3n) is 4.82. The lowest BCUT2D eigenvalue weighted by Crippen LogP contribution is -2.37. The predicted octanol–water partition coefficient (Wildman–Crippen LogP) is 5.60. The maximum atomic E-state index is 12.7. The lowest BCUT2D eigenvalue weighted by molar-refractivity contribution is 0.0713. The molecule has 0 atom stereocenters. The normalized spacial score (nSPS) is 15.0. The summed E-state index contributed by atoms with van der Waals surface area (Å²) >= 11 is 15.0. The van der Waals surface area contributed by atoms with Gasteiger partial charge >= 0.3 is 0 Å². The molecule has 1 saturated heterocycles. The Morgan fingerprint density at radius 3 is 2.54 bits per heavy atom. The third kappa shape index (κ3) is 3.89. The molecule has 0 unspecified atom stereocenters. The maximum Gasteiger partial charge on any atom is 0.253 e. The number of halogens is 2. The first-order chi connectivity index (χ1) is 13.6. The van der Waals surface area contributed by atoms with E-state index in [2.05, 4.69) is 4.37 Å². The van der Waals surface area contributed by atoms with Gasteiger partial charge in [0.2, 0.25) is 0 Å². The average molecular weight is 454 g/mol. The second-order valence-electron chi connectivity index (χ2n) is 6.48. The van der Waals surface area contributed by atoms with Crippen molar-refractivity contribution in [2.45, 2.75) is 18.8 Å². The van der Waals surface area contributed by atoms with Crippen LogP contribution < -0.4 is 4.74 Å². The SMILES string of the molecule is COc1ccc(C(=O)N2CCC(c3nc(-c4snc(Cl)c4Cl)cs3)CC2)cc1. The largest absolute Gasteiger partial charge is 0.497 e. The molecule has 1 aliphatic rings. The van der Waals surface area contributed by atoms with Gasteiger partial charge in [-0.05, 0) is 48.6 Å². The van der Waals surface area contributed by atoms with Crippen molar-refractivity contribution >= 4 is 52.0 Å². The van der Waals surface area contributed by atoms with Gasteiger partial charge in [0.05, 0.1) is 27.7 Å². The lowest BCUT2D eigenvalue weighted by atomic mass is 9.97. The van der Waals surface area contributed by atoms with Crippen LogP contribution in [-0.4, -0.2) is 40.4 Å². The molecule has 5 nitrogen and oxygen atoms in total. The highest BCUT2D eigenvalue weighted by molar-refractivity contribution is 7.12. The van der Waals surface area contributed by atoms with Crippen molar-refractivity contribution in [2.24, 2.45) is 0 Å². The number of thiazole rings is 1. The summed E-state index contributed by atoms with van der Waals surface area (Å²) in [6.07, 6.45) is 1.79. The van der Waals surface area contributed by atoms with E-state index in [0.29, 0.717) is 21.7 Å². The van der Waals surface area contributed by atoms with E-state index in [0.717, 1.165) is 47.3 Å². The summed E-state index contributed by atoms with van der Waals surface area (Å²) in [5.41, 5.74) is 1.51. The molecule has 0 saturated carbocycles. The monoisotopic (exact) mass is 453 g/mol. The number of likely N-dealkylation sites (tertiary alicyclic amines) is 1. The standard InChI is InChI=1S/C19H17Cl2N3O2S2/c1-26-13-4-2-12(3-5-13)19(25)24-8-6-11(7-9-24)18-22-14(10-27-18)16-15(20)17(21)23-28-16/h2-5,10-11H,6-9H2,1H3. The predicted molar refractivity (Wildman–Crippen MR) is 114 cm³/mol. The van der Waals surface area contributed by atoms with E-state index in [1.54, 1.807) is 18.4 Å². The molecular weight excluding hydrogens is 437 g/mol. The summed E-state index contributed by atoms with van der Waals surface area (Å²) in [4.78, 5) is 20.2. The van der Waals surface area contributed by atoms with E-state index in [9.17, 15) is 4.79 Å². The summed E-state index contributed by atoms with van der Waals surface area (Å²) in [7, 11) is 1.61. The number of benzene rings is 1. The van der Waals surface area contributed by atoms with E-state index >= 15 is 0 Å². The third-order valence-corrected chi connectivity index (χ3v) is 7.65. The number of carbonyl (C=O) groups is 1. The van der Waals surface area contributed by atoms with Crippen molar-refractivity contribution in [3.05, 3.63) is 50.4 Å². The van der Waals surface area contributed by atoms with Gasteiger partial charge in [-0.25, -0.2) is 4.98 Å². The number of hydrogen-bond donors (Lipinski definition) is 0. The molecule has 0 spiro atoms. The molecule has 0 aliphatic carbocycles. The Labute approximate surface area is 181 Å². The number of rotatable bonds is 4. The van der Waals surface area contributed by atoms with Gasteiger partial charge in [0, 0.05) is 30.0 Å². The van der Waals surface area contributed by atoms with Crippen LogP contribution in [0.1, 0.15) is 34.1 Å². The van der Waals surface area contributed by atoms with Crippen molar-refractivity contribution in [2.75, 3.05) is 20.2 Å². The highest BCUT2D eigenvalue weighted by Gasteiger charge is 2.27. The quantitative estimate of drug-likeness (QED) is 0.515. The molecule has 1 aliphatic heterocycles. The van der Waals surface area contributed by atoms with E-state index in [-0.39, 0.29) is 5.91 Å². The van der Waals surface area contributed by atoms with E-state index in [1.807, 2.05) is 34.5 Å². The van der Waals surface area contributed by atoms with Crippen LogP contribution in [0.5, 0.6) is 5.75 Å². The minimum atomic E-state index is 0.0621. The van der Waals surface area contributed by atoms with Gasteiger partial charge in [0.1, 0.15) is 5.75 Å². The second-order valence-corrected chi connectivity index (χ2v) is 8.88. The van der Waals surface area contributed by atoms with Crippen molar-refractivity contribution in [1.29, 1.82) is 0 Å². The number of carbonyl (C=O) groups excluding carboxylic acids is 1. The Bertz CT molecular complexity index is 979. The Hall–Kier alpha value is -1.67. The number of ether oxygens (including phenoxy) is 1. The zero-order chi connectivity index (χ0) is 19.7. The maximum absolute atomic E-state index is 12.7. The minimum Gasteiger partial charge on any atom is -0.497 e. The fourth-order valence-corrected chi connectivity index (χ4v) is 5.48. The first-order valence-corrected chi connectivity index (χ1v) is 11.2. The Balaban J connectivity index is 1.40. The molecule has 28 heavy (non-hydrogen) atoms. The minimum absolute atomic E-state index is 0.0621. The van der Waals surface area contributed by atoms with Gasteiger partial charge in [0.15, 0.2) is 5.15 Å². The fraction of sp³-hybridized carbons (Fsp3) is 0.316. The van der Waals surface area contributed by atoms with Crippen LogP contribution in [0.15, 0.2) is 29.6 Å². The van der Waals surface area contributed by atoms with Crippen LogP contribution in [0.25, 0.3) is 10.6 Å². The molecule has 4 rings (SSSR count). The number of aromatic nitrogens is 2. The first-order valence-electron chi connectivity index (χ1n) is 8.76. The number of nitrogens with zero attached hydrogens (tertiary/aromatic N) is 3. The van der Waals surface area contributed by atoms with Crippen LogP contribution in [-0.2, 0) is 0 Å². The number of methoxy groups -OCH3 is 1. The molecule has 1 fully saturated rings. The van der Waals surface area contributed by atoms with E-state index < -0.39 is 0 Å². The molecule has 1 aromatic carbocycles. The van der Waals surface area contributed by atoms with Crippen LogP contribution in [0, 0.1) is 0 Å². The Kier molecular flexibility index (Phi) is 5.87. The van der Waals surface area contributed by atoms with Crippen molar-refractivity contribution in [1.82, 2.24) is 14.3 Å². The molecule has 0 bridgehead atoms. The van der Waals surface area contributed by atoms with Crippen LogP contribution >= 0.6 is 46.1 Å². The van der Waals surface area contributed by atoms with Gasteiger partial charge in [-0.1, -0.05) is 23.2 Å².